The molecule has 0 aliphatic heterocycles. The Morgan fingerprint density at radius 2 is 1.74 bits per heavy atom. The molecule has 0 aliphatic rings. The van der Waals surface area contributed by atoms with Crippen molar-refractivity contribution in [3.8, 4) is 17.2 Å². The van der Waals surface area contributed by atoms with Crippen molar-refractivity contribution in [2.24, 2.45) is 5.92 Å². The lowest BCUT2D eigenvalue weighted by molar-refractivity contribution is -0.141. The van der Waals surface area contributed by atoms with E-state index in [0.29, 0.717) is 23.8 Å². The highest BCUT2D eigenvalue weighted by atomic mass is 16.5. The van der Waals surface area contributed by atoms with Crippen LogP contribution >= 0.6 is 0 Å². The predicted octanol–water partition coefficient (Wildman–Crippen LogP) is 3.35. The van der Waals surface area contributed by atoms with E-state index in [4.69, 9.17) is 14.6 Å². The molecule has 144 valence electrons. The lowest BCUT2D eigenvalue weighted by atomic mass is 10.2. The Hall–Kier alpha value is -3.22. The number of carboxylic acids is 1. The van der Waals surface area contributed by atoms with Crippen molar-refractivity contribution in [3.63, 3.8) is 0 Å². The minimum atomic E-state index is -0.930. The summed E-state index contributed by atoms with van der Waals surface area (Å²) in [6, 6.07) is 14.4. The summed E-state index contributed by atoms with van der Waals surface area (Å²) in [5, 5.41) is 11.7. The van der Waals surface area contributed by atoms with Gasteiger partial charge in [0.1, 0.15) is 5.75 Å². The van der Waals surface area contributed by atoms with E-state index in [2.05, 4.69) is 5.32 Å². The number of benzene rings is 2. The third-order valence-electron chi connectivity index (χ3n) is 3.98. The number of carbonyl (C=O) groups excluding carboxylic acids is 1. The summed E-state index contributed by atoms with van der Waals surface area (Å²) in [5.74, 6) is 0.372. The molecule has 0 radical (unpaired) electrons. The van der Waals surface area contributed by atoms with Crippen molar-refractivity contribution in [2.75, 3.05) is 20.7 Å². The average Bonchev–Trinajstić information content (AvgIpc) is 2.67. The first-order valence-corrected chi connectivity index (χ1v) is 8.52. The molecule has 7 heteroatoms. The highest BCUT2D eigenvalue weighted by Gasteiger charge is 2.17. The predicted molar refractivity (Wildman–Crippen MR) is 101 cm³/mol. The van der Waals surface area contributed by atoms with Gasteiger partial charge in [-0.15, -0.1) is 0 Å². The van der Waals surface area contributed by atoms with E-state index in [0.717, 1.165) is 5.56 Å². The molecular weight excluding hydrogens is 348 g/mol. The van der Waals surface area contributed by atoms with Gasteiger partial charge >= 0.3 is 12.0 Å². The zero-order chi connectivity index (χ0) is 19.8. The van der Waals surface area contributed by atoms with Crippen molar-refractivity contribution in [1.82, 2.24) is 10.2 Å². The van der Waals surface area contributed by atoms with Crippen LogP contribution in [-0.2, 0) is 11.3 Å². The van der Waals surface area contributed by atoms with Crippen LogP contribution in [0.3, 0.4) is 0 Å². The first kappa shape index (κ1) is 20.1. The van der Waals surface area contributed by atoms with Crippen LogP contribution in [-0.4, -0.2) is 42.7 Å². The maximum absolute atomic E-state index is 12.0. The van der Waals surface area contributed by atoms with Gasteiger partial charge in [0.25, 0.3) is 0 Å². The van der Waals surface area contributed by atoms with Gasteiger partial charge in [0.05, 0.1) is 13.0 Å². The van der Waals surface area contributed by atoms with Crippen LogP contribution in [0.25, 0.3) is 0 Å². The number of nitrogens with zero attached hydrogens (tertiary/aromatic N) is 1. The first-order valence-electron chi connectivity index (χ1n) is 8.52. The zero-order valence-corrected chi connectivity index (χ0v) is 15.6. The second-order valence-corrected chi connectivity index (χ2v) is 6.18. The molecule has 0 spiro atoms. The van der Waals surface area contributed by atoms with Gasteiger partial charge < -0.3 is 24.8 Å². The molecular formula is C20H24N2O5. The molecule has 0 saturated heterocycles. The molecule has 0 aliphatic carbocycles. The Balaban J connectivity index is 1.88. The highest BCUT2D eigenvalue weighted by molar-refractivity contribution is 5.75. The molecule has 0 heterocycles. The molecule has 0 bridgehead atoms. The zero-order valence-electron chi connectivity index (χ0n) is 15.6. The SMILES string of the molecule is COc1ccccc1Oc1ccc(CNC(=O)N(C)CC(C)C(=O)O)cc1. The monoisotopic (exact) mass is 372 g/mol. The number of amides is 2. The summed E-state index contributed by atoms with van der Waals surface area (Å²) in [6.07, 6.45) is 0. The van der Waals surface area contributed by atoms with Crippen LogP contribution in [0, 0.1) is 5.92 Å². The van der Waals surface area contributed by atoms with Crippen LogP contribution in [0.1, 0.15) is 12.5 Å². The molecule has 2 rings (SSSR count). The molecule has 0 saturated carbocycles. The van der Waals surface area contributed by atoms with Crippen LogP contribution in [0.15, 0.2) is 48.5 Å². The van der Waals surface area contributed by atoms with Gasteiger partial charge in [-0.2, -0.15) is 0 Å². The van der Waals surface area contributed by atoms with E-state index in [1.807, 2.05) is 48.5 Å². The van der Waals surface area contributed by atoms with Crippen molar-refractivity contribution in [2.45, 2.75) is 13.5 Å². The minimum absolute atomic E-state index is 0.146. The first-order chi connectivity index (χ1) is 12.9. The van der Waals surface area contributed by atoms with E-state index >= 15 is 0 Å². The molecule has 2 amide bonds. The quantitative estimate of drug-likeness (QED) is 0.742. The number of nitrogens with one attached hydrogen (secondary N) is 1. The Bertz CT molecular complexity index is 776. The largest absolute Gasteiger partial charge is 0.493 e. The maximum atomic E-state index is 12.0. The van der Waals surface area contributed by atoms with Crippen LogP contribution in [0.4, 0.5) is 4.79 Å². The van der Waals surface area contributed by atoms with E-state index in [1.54, 1.807) is 21.1 Å². The molecule has 2 aromatic rings. The summed E-state index contributed by atoms with van der Waals surface area (Å²) in [6.45, 7) is 2.04. The Morgan fingerprint density at radius 3 is 2.33 bits per heavy atom. The number of hydrogen-bond acceptors (Lipinski definition) is 4. The molecule has 0 aromatic heterocycles. The van der Waals surface area contributed by atoms with Crippen molar-refractivity contribution in [3.05, 3.63) is 54.1 Å². The van der Waals surface area contributed by atoms with Gasteiger partial charge in [-0.05, 0) is 29.8 Å². The molecule has 2 N–H and O–H groups in total. The van der Waals surface area contributed by atoms with Crippen molar-refractivity contribution < 1.29 is 24.2 Å². The van der Waals surface area contributed by atoms with E-state index in [9.17, 15) is 9.59 Å². The number of methoxy groups -OCH3 is 1. The number of aliphatic carboxylic acids is 1. The fourth-order valence-electron chi connectivity index (χ4n) is 2.39. The van der Waals surface area contributed by atoms with E-state index in [-0.39, 0.29) is 12.6 Å². The molecule has 27 heavy (non-hydrogen) atoms. The lowest BCUT2D eigenvalue weighted by Crippen LogP contribution is -2.40. The van der Waals surface area contributed by atoms with Gasteiger partial charge in [-0.1, -0.05) is 31.2 Å². The van der Waals surface area contributed by atoms with Gasteiger partial charge in [-0.25, -0.2) is 4.79 Å². The second-order valence-electron chi connectivity index (χ2n) is 6.18. The minimum Gasteiger partial charge on any atom is -0.493 e. The number of ether oxygens (including phenoxy) is 2. The normalized spacial score (nSPS) is 11.4. The summed E-state index contributed by atoms with van der Waals surface area (Å²) in [5.41, 5.74) is 0.899. The fraction of sp³-hybridized carbons (Fsp3) is 0.300. The third kappa shape index (κ3) is 5.91. The number of para-hydroxylation sites is 2. The van der Waals surface area contributed by atoms with Crippen molar-refractivity contribution >= 4 is 12.0 Å². The molecule has 1 unspecified atom stereocenters. The highest BCUT2D eigenvalue weighted by Crippen LogP contribution is 2.30. The molecule has 2 aromatic carbocycles. The summed E-state index contributed by atoms with van der Waals surface area (Å²) >= 11 is 0. The Kier molecular flexibility index (Phi) is 7.05. The topological polar surface area (TPSA) is 88.1 Å². The standard InChI is InChI=1S/C20H24N2O5/c1-14(19(23)24)13-22(2)20(25)21-12-15-8-10-16(11-9-15)27-18-7-5-4-6-17(18)26-3/h4-11,14H,12-13H2,1-3H3,(H,21,25)(H,23,24). The third-order valence-corrected chi connectivity index (χ3v) is 3.98. The van der Waals surface area contributed by atoms with Crippen molar-refractivity contribution in [1.29, 1.82) is 0 Å². The second kappa shape index (κ2) is 9.47. The number of urea groups is 1. The van der Waals surface area contributed by atoms with Gasteiger partial charge in [0.2, 0.25) is 0 Å². The van der Waals surface area contributed by atoms with Gasteiger partial charge in [-0.3, -0.25) is 4.79 Å². The average molecular weight is 372 g/mol. The van der Waals surface area contributed by atoms with E-state index in [1.165, 1.54) is 4.90 Å². The van der Waals surface area contributed by atoms with Crippen LogP contribution < -0.4 is 14.8 Å². The van der Waals surface area contributed by atoms with Gasteiger partial charge in [0.15, 0.2) is 11.5 Å². The fourth-order valence-corrected chi connectivity index (χ4v) is 2.39. The summed E-state index contributed by atoms with van der Waals surface area (Å²) in [4.78, 5) is 24.3. The Labute approximate surface area is 158 Å². The smallest absolute Gasteiger partial charge is 0.317 e. The molecule has 7 nitrogen and oxygen atoms in total. The number of hydrogen-bond donors (Lipinski definition) is 2. The molecule has 1 atom stereocenters. The summed E-state index contributed by atoms with van der Waals surface area (Å²) < 4.78 is 11.1. The van der Waals surface area contributed by atoms with Crippen LogP contribution in [0.5, 0.6) is 17.2 Å². The maximum Gasteiger partial charge on any atom is 0.317 e. The molecule has 0 fully saturated rings. The Morgan fingerprint density at radius 1 is 1.11 bits per heavy atom. The van der Waals surface area contributed by atoms with Crippen LogP contribution in [0.2, 0.25) is 0 Å². The number of rotatable bonds is 8. The number of carbonyl (C=O) groups is 2. The van der Waals surface area contributed by atoms with E-state index < -0.39 is 11.9 Å². The summed E-state index contributed by atoms with van der Waals surface area (Å²) in [7, 11) is 3.15. The van der Waals surface area contributed by atoms with Gasteiger partial charge in [0, 0.05) is 20.1 Å². The number of carboxylic acid groups (broad SMARTS) is 1. The lowest BCUT2D eigenvalue weighted by Gasteiger charge is -2.20.